The van der Waals surface area contributed by atoms with E-state index in [0.717, 1.165) is 32.7 Å². The summed E-state index contributed by atoms with van der Waals surface area (Å²) in [7, 11) is 1.40. The number of ether oxygens (including phenoxy) is 2. The highest BCUT2D eigenvalue weighted by Crippen LogP contribution is 2.36. The standard InChI is InChI=1S/C13H12BrNO3S/c1-17-12(16)8-4-9(7-2-3-18-6-7)11-10(5-8)19-13(14)15-11/h4-5,7H,2-3,6H2,1H3/t7-/m0/s1. The zero-order valence-corrected chi connectivity index (χ0v) is 12.7. The summed E-state index contributed by atoms with van der Waals surface area (Å²) < 4.78 is 12.1. The summed E-state index contributed by atoms with van der Waals surface area (Å²) in [5, 5.41) is 0. The first-order chi connectivity index (χ1) is 9.19. The highest BCUT2D eigenvalue weighted by atomic mass is 79.9. The Kier molecular flexibility index (Phi) is 3.56. The van der Waals surface area contributed by atoms with Crippen molar-refractivity contribution in [1.29, 1.82) is 0 Å². The Morgan fingerprint density at radius 3 is 3.11 bits per heavy atom. The zero-order chi connectivity index (χ0) is 13.4. The van der Waals surface area contributed by atoms with Crippen molar-refractivity contribution in [2.75, 3.05) is 20.3 Å². The molecule has 100 valence electrons. The van der Waals surface area contributed by atoms with Crippen LogP contribution in [-0.2, 0) is 9.47 Å². The lowest BCUT2D eigenvalue weighted by molar-refractivity contribution is 0.0601. The number of nitrogens with zero attached hydrogens (tertiary/aromatic N) is 1. The van der Waals surface area contributed by atoms with Gasteiger partial charge in [-0.1, -0.05) is 0 Å². The number of carbonyl (C=O) groups is 1. The Morgan fingerprint density at radius 1 is 1.58 bits per heavy atom. The van der Waals surface area contributed by atoms with E-state index in [0.29, 0.717) is 18.1 Å². The van der Waals surface area contributed by atoms with Crippen molar-refractivity contribution >= 4 is 43.5 Å². The Balaban J connectivity index is 2.18. The predicted octanol–water partition coefficient (Wildman–Crippen LogP) is 3.35. The number of carbonyl (C=O) groups excluding carboxylic acids is 1. The first kappa shape index (κ1) is 13.0. The van der Waals surface area contributed by atoms with Crippen LogP contribution in [0.15, 0.2) is 16.0 Å². The van der Waals surface area contributed by atoms with E-state index in [-0.39, 0.29) is 5.97 Å². The van der Waals surface area contributed by atoms with Gasteiger partial charge in [-0.25, -0.2) is 9.78 Å². The molecule has 0 unspecified atom stereocenters. The largest absolute Gasteiger partial charge is 0.465 e. The van der Waals surface area contributed by atoms with Crippen molar-refractivity contribution in [3.05, 3.63) is 27.2 Å². The second-order valence-electron chi connectivity index (χ2n) is 4.43. The molecule has 0 bridgehead atoms. The zero-order valence-electron chi connectivity index (χ0n) is 10.3. The fraction of sp³-hybridized carbons (Fsp3) is 0.385. The molecule has 0 saturated carbocycles. The van der Waals surface area contributed by atoms with Crippen LogP contribution in [0.25, 0.3) is 10.2 Å². The summed E-state index contributed by atoms with van der Waals surface area (Å²) in [4.78, 5) is 16.3. The molecule has 2 heterocycles. The van der Waals surface area contributed by atoms with E-state index < -0.39 is 0 Å². The van der Waals surface area contributed by atoms with Gasteiger partial charge in [-0.3, -0.25) is 0 Å². The van der Waals surface area contributed by atoms with E-state index in [1.165, 1.54) is 18.4 Å². The van der Waals surface area contributed by atoms with Gasteiger partial charge in [-0.2, -0.15) is 0 Å². The molecule has 1 aromatic carbocycles. The minimum atomic E-state index is -0.313. The van der Waals surface area contributed by atoms with E-state index >= 15 is 0 Å². The predicted molar refractivity (Wildman–Crippen MR) is 76.8 cm³/mol. The normalized spacial score (nSPS) is 18.9. The number of methoxy groups -OCH3 is 1. The Bertz CT molecular complexity index is 634. The summed E-state index contributed by atoms with van der Waals surface area (Å²) in [5.41, 5.74) is 2.62. The van der Waals surface area contributed by atoms with Crippen LogP contribution < -0.4 is 0 Å². The highest BCUT2D eigenvalue weighted by Gasteiger charge is 2.23. The van der Waals surface area contributed by atoms with Crippen molar-refractivity contribution in [3.63, 3.8) is 0 Å². The van der Waals surface area contributed by atoms with Crippen LogP contribution in [0.3, 0.4) is 0 Å². The van der Waals surface area contributed by atoms with Gasteiger partial charge in [0.15, 0.2) is 3.92 Å². The maximum Gasteiger partial charge on any atom is 0.337 e. The van der Waals surface area contributed by atoms with Crippen molar-refractivity contribution in [2.45, 2.75) is 12.3 Å². The molecule has 1 fully saturated rings. The van der Waals surface area contributed by atoms with Gasteiger partial charge in [0, 0.05) is 12.5 Å². The molecule has 0 N–H and O–H groups in total. The van der Waals surface area contributed by atoms with E-state index in [1.54, 1.807) is 0 Å². The van der Waals surface area contributed by atoms with Gasteiger partial charge in [0.2, 0.25) is 0 Å². The fourth-order valence-corrected chi connectivity index (χ4v) is 3.82. The van der Waals surface area contributed by atoms with Gasteiger partial charge < -0.3 is 9.47 Å². The van der Waals surface area contributed by atoms with Crippen LogP contribution in [0, 0.1) is 0 Å². The molecule has 1 aliphatic rings. The van der Waals surface area contributed by atoms with E-state index in [1.807, 2.05) is 12.1 Å². The van der Waals surface area contributed by atoms with E-state index in [4.69, 9.17) is 9.47 Å². The van der Waals surface area contributed by atoms with Crippen LogP contribution in [0.4, 0.5) is 0 Å². The van der Waals surface area contributed by atoms with Crippen molar-refractivity contribution in [3.8, 4) is 0 Å². The highest BCUT2D eigenvalue weighted by molar-refractivity contribution is 9.11. The average molecular weight is 342 g/mol. The third-order valence-corrected chi connectivity index (χ3v) is 4.74. The van der Waals surface area contributed by atoms with Crippen LogP contribution >= 0.6 is 27.3 Å². The number of thiazole rings is 1. The number of hydrogen-bond acceptors (Lipinski definition) is 5. The molecule has 1 aromatic heterocycles. The van der Waals surface area contributed by atoms with Crippen LogP contribution in [0.5, 0.6) is 0 Å². The molecule has 0 aliphatic carbocycles. The number of esters is 1. The summed E-state index contributed by atoms with van der Waals surface area (Å²) >= 11 is 4.93. The minimum absolute atomic E-state index is 0.307. The van der Waals surface area contributed by atoms with Gasteiger partial charge in [0.1, 0.15) is 0 Å². The van der Waals surface area contributed by atoms with Crippen molar-refractivity contribution in [2.24, 2.45) is 0 Å². The van der Waals surface area contributed by atoms with Gasteiger partial charge in [0.25, 0.3) is 0 Å². The molecule has 19 heavy (non-hydrogen) atoms. The molecule has 6 heteroatoms. The number of fused-ring (bicyclic) bond motifs is 1. The van der Waals surface area contributed by atoms with Crippen molar-refractivity contribution in [1.82, 2.24) is 4.98 Å². The van der Waals surface area contributed by atoms with Gasteiger partial charge in [-0.05, 0) is 40.0 Å². The van der Waals surface area contributed by atoms with Crippen LogP contribution in [-0.4, -0.2) is 31.3 Å². The smallest absolute Gasteiger partial charge is 0.337 e. The Labute approximate surface area is 122 Å². The van der Waals surface area contributed by atoms with E-state index in [2.05, 4.69) is 20.9 Å². The first-order valence-electron chi connectivity index (χ1n) is 5.95. The second kappa shape index (κ2) is 5.19. The molecule has 1 aliphatic heterocycles. The minimum Gasteiger partial charge on any atom is -0.465 e. The summed E-state index contributed by atoms with van der Waals surface area (Å²) in [6, 6.07) is 3.72. The molecular weight excluding hydrogens is 330 g/mol. The number of hydrogen-bond donors (Lipinski definition) is 0. The lowest BCUT2D eigenvalue weighted by atomic mass is 9.95. The van der Waals surface area contributed by atoms with E-state index in [9.17, 15) is 4.79 Å². The third-order valence-electron chi connectivity index (χ3n) is 3.29. The fourth-order valence-electron chi connectivity index (χ4n) is 2.36. The molecule has 1 saturated heterocycles. The molecule has 4 nitrogen and oxygen atoms in total. The van der Waals surface area contributed by atoms with Crippen LogP contribution in [0.2, 0.25) is 0 Å². The molecule has 0 radical (unpaired) electrons. The molecule has 2 aromatic rings. The summed E-state index contributed by atoms with van der Waals surface area (Å²) in [5.74, 6) is -0.00676. The maximum atomic E-state index is 11.8. The van der Waals surface area contributed by atoms with Gasteiger partial charge in [-0.15, -0.1) is 11.3 Å². The lowest BCUT2D eigenvalue weighted by Gasteiger charge is -2.10. The number of rotatable bonds is 2. The molecule has 1 atom stereocenters. The molecule has 3 rings (SSSR count). The van der Waals surface area contributed by atoms with Crippen molar-refractivity contribution < 1.29 is 14.3 Å². The van der Waals surface area contributed by atoms with Crippen LogP contribution in [0.1, 0.15) is 28.3 Å². The monoisotopic (exact) mass is 341 g/mol. The average Bonchev–Trinajstić information content (AvgIpc) is 3.04. The quantitative estimate of drug-likeness (QED) is 0.786. The number of halogens is 1. The third kappa shape index (κ3) is 2.40. The van der Waals surface area contributed by atoms with Gasteiger partial charge in [0.05, 0.1) is 29.5 Å². The maximum absolute atomic E-state index is 11.8. The molecule has 0 amide bonds. The molecule has 0 spiro atoms. The lowest BCUT2D eigenvalue weighted by Crippen LogP contribution is -2.05. The Morgan fingerprint density at radius 2 is 2.42 bits per heavy atom. The summed E-state index contributed by atoms with van der Waals surface area (Å²) in [6.45, 7) is 1.45. The Hall–Kier alpha value is -0.980. The number of benzene rings is 1. The number of aromatic nitrogens is 1. The molecular formula is C13H12BrNO3S. The topological polar surface area (TPSA) is 48.4 Å². The van der Waals surface area contributed by atoms with Gasteiger partial charge >= 0.3 is 5.97 Å². The SMILES string of the molecule is COC(=O)c1cc([C@H]2CCOC2)c2nc(Br)sc2c1. The summed E-state index contributed by atoms with van der Waals surface area (Å²) in [6.07, 6.45) is 0.967. The second-order valence-corrected chi connectivity index (χ2v) is 6.74. The first-order valence-corrected chi connectivity index (χ1v) is 7.56.